The zero-order valence-corrected chi connectivity index (χ0v) is 14.5. The Morgan fingerprint density at radius 2 is 1.74 bits per heavy atom. The fraction of sp³-hybridized carbons (Fsp3) is 0.625. The highest BCUT2D eigenvalue weighted by Crippen LogP contribution is 2.55. The molecule has 0 aliphatic carbocycles. The maximum atomic E-state index is 13.1. The van der Waals surface area contributed by atoms with Gasteiger partial charge < -0.3 is 0 Å². The van der Waals surface area contributed by atoms with Crippen LogP contribution in [0.2, 0.25) is 0 Å². The number of likely N-dealkylation sites (tertiary alicyclic amines) is 1. The summed E-state index contributed by atoms with van der Waals surface area (Å²) < 4.78 is 48.8. The molecule has 0 unspecified atom stereocenters. The number of nitrogens with zero attached hydrogens (tertiary/aromatic N) is 2. The third-order valence-electron chi connectivity index (χ3n) is 3.70. The number of alkyl halides is 1. The van der Waals surface area contributed by atoms with Crippen LogP contribution in [0.15, 0.2) is 30.3 Å². The smallest absolute Gasteiger partial charge is 0.278 e. The van der Waals surface area contributed by atoms with Gasteiger partial charge in [-0.2, -0.15) is 4.31 Å². The lowest BCUT2D eigenvalue weighted by molar-refractivity contribution is 0.133. The predicted molar refractivity (Wildman–Crippen MR) is 89.7 cm³/mol. The van der Waals surface area contributed by atoms with Crippen molar-refractivity contribution in [3.05, 3.63) is 35.9 Å². The number of hydrogen-bond donors (Lipinski definition) is 0. The molecule has 0 N–H and O–H groups in total. The van der Waals surface area contributed by atoms with E-state index >= 15 is 0 Å². The van der Waals surface area contributed by atoms with Crippen molar-refractivity contribution < 1.29 is 16.0 Å². The molecule has 1 aliphatic rings. The van der Waals surface area contributed by atoms with Crippen molar-refractivity contribution in [2.24, 2.45) is 0 Å². The summed E-state index contributed by atoms with van der Waals surface area (Å²) in [6.45, 7) is 5.67. The summed E-state index contributed by atoms with van der Waals surface area (Å²) in [6, 6.07) is 10.3. The van der Waals surface area contributed by atoms with E-state index in [9.17, 15) is 16.0 Å². The third kappa shape index (κ3) is 8.04. The molecule has 1 aliphatic heterocycles. The van der Waals surface area contributed by atoms with Gasteiger partial charge in [-0.25, -0.2) is 4.39 Å². The first-order valence-corrected chi connectivity index (χ1v) is 9.23. The summed E-state index contributed by atoms with van der Waals surface area (Å²) in [5, 5.41) is 0. The molecular formula is C16H26F4N2S. The van der Waals surface area contributed by atoms with Gasteiger partial charge >= 0.3 is 0 Å². The summed E-state index contributed by atoms with van der Waals surface area (Å²) in [6.07, 6.45) is 1.12. The zero-order chi connectivity index (χ0) is 17.3. The van der Waals surface area contributed by atoms with Gasteiger partial charge in [-0.15, -0.1) is 11.7 Å². The molecule has 1 atom stereocenters. The van der Waals surface area contributed by atoms with Crippen LogP contribution in [0.25, 0.3) is 0 Å². The summed E-state index contributed by atoms with van der Waals surface area (Å²) in [5.41, 5.74) is 1.28. The van der Waals surface area contributed by atoms with Gasteiger partial charge in [-0.3, -0.25) is 4.90 Å². The lowest BCUT2D eigenvalue weighted by Crippen LogP contribution is -2.35. The van der Waals surface area contributed by atoms with Gasteiger partial charge in [0.15, 0.2) is 0 Å². The Balaban J connectivity index is 0.000000257. The maximum Gasteiger partial charge on any atom is 0.278 e. The second kappa shape index (κ2) is 10.2. The van der Waals surface area contributed by atoms with Crippen LogP contribution < -0.4 is 0 Å². The van der Waals surface area contributed by atoms with Crippen molar-refractivity contribution in [2.45, 2.75) is 39.4 Å². The van der Waals surface area contributed by atoms with E-state index < -0.39 is 17.5 Å². The quantitative estimate of drug-likeness (QED) is 0.660. The van der Waals surface area contributed by atoms with Crippen LogP contribution in [-0.2, 0) is 6.54 Å². The largest absolute Gasteiger partial charge is 0.296 e. The minimum atomic E-state index is -4.93. The first-order valence-electron chi connectivity index (χ1n) is 7.94. The molecule has 0 aromatic heterocycles. The normalized spacial score (nSPS) is 20.0. The molecule has 7 heteroatoms. The lowest BCUT2D eigenvalue weighted by Gasteiger charge is -2.28. The number of halogens is 4. The molecule has 0 bridgehead atoms. The molecule has 0 saturated carbocycles. The fourth-order valence-corrected chi connectivity index (χ4v) is 3.09. The van der Waals surface area contributed by atoms with Crippen LogP contribution in [0.4, 0.5) is 16.0 Å². The fourth-order valence-electron chi connectivity index (χ4n) is 2.50. The van der Waals surface area contributed by atoms with Gasteiger partial charge in [0.05, 0.1) is 0 Å². The standard InChI is InChI=1S/C12H16FN.C4H10F3NS/c13-12-7-4-8-14(10-12)9-11-5-2-1-3-6-11;1-3-8(4-2)9(5,6)7/h1-3,5-6,12H,4,7-10H2;3-4H2,1-2H3/t12-;/m1./s1. The maximum absolute atomic E-state index is 13.1. The van der Waals surface area contributed by atoms with Crippen LogP contribution >= 0.6 is 11.4 Å². The van der Waals surface area contributed by atoms with Crippen LogP contribution in [0, 0.1) is 0 Å². The lowest BCUT2D eigenvalue weighted by atomic mass is 10.1. The van der Waals surface area contributed by atoms with E-state index in [4.69, 9.17) is 0 Å². The molecular weight excluding hydrogens is 328 g/mol. The summed E-state index contributed by atoms with van der Waals surface area (Å²) in [7, 11) is 0. The minimum absolute atomic E-state index is 0.0648. The molecule has 0 radical (unpaired) electrons. The van der Waals surface area contributed by atoms with Crippen LogP contribution in [0.3, 0.4) is 0 Å². The minimum Gasteiger partial charge on any atom is -0.296 e. The number of rotatable bonds is 5. The molecule has 23 heavy (non-hydrogen) atoms. The van der Waals surface area contributed by atoms with Crippen LogP contribution in [0.1, 0.15) is 32.3 Å². The average molecular weight is 354 g/mol. The van der Waals surface area contributed by atoms with Crippen molar-refractivity contribution in [2.75, 3.05) is 26.2 Å². The molecule has 1 heterocycles. The Kier molecular flexibility index (Phi) is 8.94. The molecule has 2 rings (SSSR count). The Morgan fingerprint density at radius 1 is 1.13 bits per heavy atom. The summed E-state index contributed by atoms with van der Waals surface area (Å²) in [4.78, 5) is 2.20. The predicted octanol–water partition coefficient (Wildman–Crippen LogP) is 5.32. The average Bonchev–Trinajstić information content (AvgIpc) is 2.49. The Morgan fingerprint density at radius 3 is 2.17 bits per heavy atom. The van der Waals surface area contributed by atoms with Crippen molar-refractivity contribution >= 4 is 11.4 Å². The SMILES string of the molecule is CCN(CC)S(F)(F)F.F[C@@H]1CCCN(Cc2ccccc2)C1. The molecule has 1 fully saturated rings. The molecule has 0 amide bonds. The topological polar surface area (TPSA) is 6.48 Å². The first-order chi connectivity index (χ1) is 10.9. The van der Waals surface area contributed by atoms with E-state index in [1.807, 2.05) is 18.2 Å². The van der Waals surface area contributed by atoms with Crippen molar-refractivity contribution in [1.29, 1.82) is 0 Å². The highest BCUT2D eigenvalue weighted by molar-refractivity contribution is 8.18. The van der Waals surface area contributed by atoms with E-state index in [0.717, 1.165) is 25.9 Å². The van der Waals surface area contributed by atoms with Crippen molar-refractivity contribution in [3.8, 4) is 0 Å². The second-order valence-electron chi connectivity index (χ2n) is 5.46. The highest BCUT2D eigenvalue weighted by atomic mass is 32.3. The molecule has 1 aromatic carbocycles. The molecule has 2 nitrogen and oxygen atoms in total. The number of benzene rings is 1. The van der Waals surface area contributed by atoms with Gasteiger partial charge in [0, 0.05) is 26.2 Å². The van der Waals surface area contributed by atoms with E-state index in [-0.39, 0.29) is 13.1 Å². The number of hydrogen-bond acceptors (Lipinski definition) is 2. The van der Waals surface area contributed by atoms with Crippen molar-refractivity contribution in [1.82, 2.24) is 9.21 Å². The first kappa shape index (κ1) is 20.3. The van der Waals surface area contributed by atoms with Gasteiger partial charge in [0.2, 0.25) is 0 Å². The van der Waals surface area contributed by atoms with Crippen LogP contribution in [-0.4, -0.2) is 41.6 Å². The zero-order valence-electron chi connectivity index (χ0n) is 13.7. The third-order valence-corrected chi connectivity index (χ3v) is 4.80. The van der Waals surface area contributed by atoms with Gasteiger partial charge in [0.25, 0.3) is 11.4 Å². The molecule has 0 spiro atoms. The van der Waals surface area contributed by atoms with Crippen LogP contribution in [0.5, 0.6) is 0 Å². The van der Waals surface area contributed by atoms with Gasteiger partial charge in [-0.1, -0.05) is 44.2 Å². The van der Waals surface area contributed by atoms with Gasteiger partial charge in [-0.05, 0) is 24.9 Å². The summed E-state index contributed by atoms with van der Waals surface area (Å²) >= 11 is -4.93. The molecule has 1 aromatic rings. The highest BCUT2D eigenvalue weighted by Gasteiger charge is 2.27. The molecule has 1 saturated heterocycles. The van der Waals surface area contributed by atoms with Gasteiger partial charge in [0.1, 0.15) is 6.17 Å². The summed E-state index contributed by atoms with van der Waals surface area (Å²) in [5.74, 6) is 0. The Labute approximate surface area is 138 Å². The second-order valence-corrected chi connectivity index (χ2v) is 6.74. The molecule has 134 valence electrons. The van der Waals surface area contributed by atoms with E-state index in [1.54, 1.807) is 0 Å². The van der Waals surface area contributed by atoms with E-state index in [0.29, 0.717) is 10.8 Å². The number of piperidine rings is 1. The monoisotopic (exact) mass is 354 g/mol. The van der Waals surface area contributed by atoms with E-state index in [2.05, 4.69) is 17.0 Å². The Hall–Kier alpha value is -0.790. The Bertz CT molecular complexity index is 424. The van der Waals surface area contributed by atoms with Crippen molar-refractivity contribution in [3.63, 3.8) is 0 Å². The van der Waals surface area contributed by atoms with E-state index in [1.165, 1.54) is 19.4 Å².